The predicted molar refractivity (Wildman–Crippen MR) is 49.5 cm³/mol. The molecule has 1 nitrogen and oxygen atoms in total. The molecule has 0 aromatic carbocycles. The maximum atomic E-state index is 9.34. The smallest absolute Gasteiger partial charge is 0.0726 e. The number of rotatable bonds is 4. The molecule has 0 radical (unpaired) electrons. The van der Waals surface area contributed by atoms with Gasteiger partial charge in [-0.1, -0.05) is 23.8 Å². The van der Waals surface area contributed by atoms with Crippen molar-refractivity contribution in [2.75, 3.05) is 0 Å². The van der Waals surface area contributed by atoms with Crippen molar-refractivity contribution in [1.82, 2.24) is 0 Å². The van der Waals surface area contributed by atoms with Gasteiger partial charge in [0.05, 0.1) is 6.10 Å². The lowest BCUT2D eigenvalue weighted by molar-refractivity contribution is 0.213. The number of aliphatic hydroxyl groups is 1. The molecule has 0 rings (SSSR count). The number of allylic oxidation sites excluding steroid dienone is 3. The van der Waals surface area contributed by atoms with Crippen LogP contribution in [0.2, 0.25) is 0 Å². The van der Waals surface area contributed by atoms with Crippen LogP contribution in [0.3, 0.4) is 0 Å². The van der Waals surface area contributed by atoms with Crippen LogP contribution in [0.1, 0.15) is 33.6 Å². The molecule has 1 unspecified atom stereocenters. The number of hydrogen-bond donors (Lipinski definition) is 1. The lowest BCUT2D eigenvalue weighted by Gasteiger charge is -2.02. The third kappa shape index (κ3) is 7.34. The van der Waals surface area contributed by atoms with E-state index in [4.69, 9.17) is 0 Å². The molecule has 0 aliphatic carbocycles. The van der Waals surface area contributed by atoms with Crippen molar-refractivity contribution in [3.05, 3.63) is 23.8 Å². The molecule has 0 bridgehead atoms. The van der Waals surface area contributed by atoms with E-state index >= 15 is 0 Å². The van der Waals surface area contributed by atoms with Gasteiger partial charge in [0.25, 0.3) is 0 Å². The summed E-state index contributed by atoms with van der Waals surface area (Å²) in [4.78, 5) is 0. The maximum absolute atomic E-state index is 9.34. The van der Waals surface area contributed by atoms with Crippen molar-refractivity contribution >= 4 is 0 Å². The van der Waals surface area contributed by atoms with Gasteiger partial charge < -0.3 is 5.11 Å². The fourth-order valence-electron chi connectivity index (χ4n) is 0.902. The summed E-state index contributed by atoms with van der Waals surface area (Å²) in [6.45, 7) is 5.99. The third-order valence-corrected chi connectivity index (χ3v) is 1.39. The van der Waals surface area contributed by atoms with Gasteiger partial charge in [-0.05, 0) is 33.6 Å². The second kappa shape index (κ2) is 6.17. The molecule has 0 fully saturated rings. The van der Waals surface area contributed by atoms with Crippen molar-refractivity contribution in [3.63, 3.8) is 0 Å². The lowest BCUT2D eigenvalue weighted by Crippen LogP contribution is -2.01. The molecule has 1 atom stereocenters. The van der Waals surface area contributed by atoms with Crippen LogP contribution < -0.4 is 0 Å². The minimum Gasteiger partial charge on any atom is -0.389 e. The van der Waals surface area contributed by atoms with E-state index in [0.29, 0.717) is 0 Å². The highest BCUT2D eigenvalue weighted by Gasteiger charge is 1.96. The summed E-state index contributed by atoms with van der Waals surface area (Å²) < 4.78 is 0. The van der Waals surface area contributed by atoms with E-state index in [1.165, 1.54) is 5.57 Å². The van der Waals surface area contributed by atoms with Crippen molar-refractivity contribution in [3.8, 4) is 0 Å². The van der Waals surface area contributed by atoms with E-state index in [1.807, 2.05) is 32.9 Å². The SMILES string of the molecule is CC=CCCC(O)C=C(C)C. The molecule has 0 saturated heterocycles. The predicted octanol–water partition coefficient (Wildman–Crippen LogP) is 2.67. The molecule has 0 amide bonds. The van der Waals surface area contributed by atoms with Gasteiger partial charge in [0, 0.05) is 0 Å². The van der Waals surface area contributed by atoms with Gasteiger partial charge in [0.2, 0.25) is 0 Å². The van der Waals surface area contributed by atoms with Crippen LogP contribution in [0.4, 0.5) is 0 Å². The Hall–Kier alpha value is -0.560. The lowest BCUT2D eigenvalue weighted by atomic mass is 10.1. The zero-order valence-corrected chi connectivity index (χ0v) is 7.67. The van der Waals surface area contributed by atoms with Crippen molar-refractivity contribution in [2.24, 2.45) is 0 Å². The van der Waals surface area contributed by atoms with Crippen LogP contribution in [0.5, 0.6) is 0 Å². The van der Waals surface area contributed by atoms with Crippen molar-refractivity contribution in [1.29, 1.82) is 0 Å². The van der Waals surface area contributed by atoms with E-state index in [0.717, 1.165) is 12.8 Å². The Morgan fingerprint density at radius 3 is 2.55 bits per heavy atom. The second-order valence-electron chi connectivity index (χ2n) is 2.96. The highest BCUT2D eigenvalue weighted by Crippen LogP contribution is 2.02. The zero-order valence-electron chi connectivity index (χ0n) is 7.67. The molecule has 0 saturated carbocycles. The van der Waals surface area contributed by atoms with Gasteiger partial charge in [-0.2, -0.15) is 0 Å². The van der Waals surface area contributed by atoms with E-state index in [9.17, 15) is 5.11 Å². The Morgan fingerprint density at radius 1 is 1.45 bits per heavy atom. The Bertz CT molecular complexity index is 141. The summed E-state index contributed by atoms with van der Waals surface area (Å²) in [6.07, 6.45) is 7.49. The molecule has 0 aliphatic heterocycles. The minimum atomic E-state index is -0.267. The molecule has 0 aromatic heterocycles. The zero-order chi connectivity index (χ0) is 8.69. The topological polar surface area (TPSA) is 20.2 Å². The molecular weight excluding hydrogens is 136 g/mol. The first-order valence-corrected chi connectivity index (χ1v) is 4.11. The Morgan fingerprint density at radius 2 is 2.09 bits per heavy atom. The highest BCUT2D eigenvalue weighted by molar-refractivity contribution is 4.98. The average Bonchev–Trinajstić information content (AvgIpc) is 1.86. The van der Waals surface area contributed by atoms with Gasteiger partial charge in [-0.15, -0.1) is 0 Å². The summed E-state index contributed by atoms with van der Waals surface area (Å²) in [5.74, 6) is 0. The van der Waals surface area contributed by atoms with Gasteiger partial charge in [0.1, 0.15) is 0 Å². The molecule has 0 aliphatic rings. The summed E-state index contributed by atoms with van der Waals surface area (Å²) in [5.41, 5.74) is 1.18. The quantitative estimate of drug-likeness (QED) is 0.617. The van der Waals surface area contributed by atoms with Crippen LogP contribution >= 0.6 is 0 Å². The van der Waals surface area contributed by atoms with Crippen LogP contribution in [0, 0.1) is 0 Å². The molecule has 1 heteroatoms. The maximum Gasteiger partial charge on any atom is 0.0726 e. The summed E-state index contributed by atoms with van der Waals surface area (Å²) in [6, 6.07) is 0. The monoisotopic (exact) mass is 154 g/mol. The van der Waals surface area contributed by atoms with E-state index in [1.54, 1.807) is 0 Å². The van der Waals surface area contributed by atoms with Gasteiger partial charge in [0.15, 0.2) is 0 Å². The largest absolute Gasteiger partial charge is 0.389 e. The van der Waals surface area contributed by atoms with Crippen LogP contribution in [0.15, 0.2) is 23.8 Å². The van der Waals surface area contributed by atoms with Gasteiger partial charge in [-0.25, -0.2) is 0 Å². The molecule has 11 heavy (non-hydrogen) atoms. The average molecular weight is 154 g/mol. The van der Waals surface area contributed by atoms with Crippen LogP contribution in [-0.2, 0) is 0 Å². The molecule has 0 spiro atoms. The van der Waals surface area contributed by atoms with Gasteiger partial charge in [-0.3, -0.25) is 0 Å². The fourth-order valence-corrected chi connectivity index (χ4v) is 0.902. The van der Waals surface area contributed by atoms with Crippen LogP contribution in [0.25, 0.3) is 0 Å². The molecule has 64 valence electrons. The number of hydrogen-bond acceptors (Lipinski definition) is 1. The third-order valence-electron chi connectivity index (χ3n) is 1.39. The first-order chi connectivity index (χ1) is 5.16. The Balaban J connectivity index is 3.53. The summed E-state index contributed by atoms with van der Waals surface area (Å²) >= 11 is 0. The van der Waals surface area contributed by atoms with Crippen molar-refractivity contribution in [2.45, 2.75) is 39.7 Å². The molecule has 0 aromatic rings. The standard InChI is InChI=1S/C10H18O/c1-4-5-6-7-10(11)8-9(2)3/h4-5,8,10-11H,6-7H2,1-3H3. The summed E-state index contributed by atoms with van der Waals surface area (Å²) in [7, 11) is 0. The first-order valence-electron chi connectivity index (χ1n) is 4.11. The van der Waals surface area contributed by atoms with Gasteiger partial charge >= 0.3 is 0 Å². The fraction of sp³-hybridized carbons (Fsp3) is 0.600. The van der Waals surface area contributed by atoms with E-state index in [2.05, 4.69) is 6.08 Å². The molecule has 1 N–H and O–H groups in total. The number of aliphatic hydroxyl groups excluding tert-OH is 1. The highest BCUT2D eigenvalue weighted by atomic mass is 16.3. The Kier molecular flexibility index (Phi) is 5.86. The van der Waals surface area contributed by atoms with E-state index < -0.39 is 0 Å². The summed E-state index contributed by atoms with van der Waals surface area (Å²) in [5, 5.41) is 9.34. The Labute approximate surface area is 69.4 Å². The van der Waals surface area contributed by atoms with Crippen LogP contribution in [-0.4, -0.2) is 11.2 Å². The molecular formula is C10H18O. The molecule has 0 heterocycles. The second-order valence-corrected chi connectivity index (χ2v) is 2.96. The first kappa shape index (κ1) is 10.4. The van der Waals surface area contributed by atoms with E-state index in [-0.39, 0.29) is 6.10 Å². The minimum absolute atomic E-state index is 0.267. The van der Waals surface area contributed by atoms with Crippen molar-refractivity contribution < 1.29 is 5.11 Å². The normalized spacial score (nSPS) is 13.5.